The van der Waals surface area contributed by atoms with Crippen LogP contribution >= 0.6 is 11.8 Å². The third-order valence-corrected chi connectivity index (χ3v) is 6.05. The fourth-order valence-corrected chi connectivity index (χ4v) is 4.11. The highest BCUT2D eigenvalue weighted by molar-refractivity contribution is 7.98. The molecule has 19 heavy (non-hydrogen) atoms. The molecular formula is C13H20N2O2S2. The van der Waals surface area contributed by atoms with Gasteiger partial charge in [-0.05, 0) is 37.3 Å². The van der Waals surface area contributed by atoms with Crippen LogP contribution in [0.25, 0.3) is 0 Å². The van der Waals surface area contributed by atoms with E-state index < -0.39 is 10.2 Å². The number of anilines is 1. The van der Waals surface area contributed by atoms with Gasteiger partial charge in [-0.1, -0.05) is 12.5 Å². The molecule has 0 bridgehead atoms. The summed E-state index contributed by atoms with van der Waals surface area (Å²) in [6.45, 7) is 1.27. The average molecular weight is 300 g/mol. The van der Waals surface area contributed by atoms with Gasteiger partial charge < -0.3 is 0 Å². The molecule has 6 heteroatoms. The Hall–Kier alpha value is -0.720. The Morgan fingerprint density at radius 1 is 1.21 bits per heavy atom. The van der Waals surface area contributed by atoms with Gasteiger partial charge >= 0.3 is 10.2 Å². The highest BCUT2D eigenvalue weighted by atomic mass is 32.2. The lowest BCUT2D eigenvalue weighted by molar-refractivity contribution is 0.346. The smallest absolute Gasteiger partial charge is 0.261 e. The van der Waals surface area contributed by atoms with Crippen molar-refractivity contribution in [3.8, 4) is 0 Å². The van der Waals surface area contributed by atoms with Crippen LogP contribution in [0.1, 0.15) is 19.3 Å². The minimum atomic E-state index is -3.38. The Labute approximate surface area is 120 Å². The Bertz CT molecular complexity index is 525. The summed E-state index contributed by atoms with van der Waals surface area (Å²) in [6.07, 6.45) is 5.02. The first-order valence-corrected chi connectivity index (χ1v) is 9.06. The lowest BCUT2D eigenvalue weighted by atomic mass is 10.2. The first kappa shape index (κ1) is 14.7. The van der Waals surface area contributed by atoms with E-state index in [1.54, 1.807) is 23.1 Å². The van der Waals surface area contributed by atoms with E-state index in [1.165, 1.54) is 4.31 Å². The average Bonchev–Trinajstić information content (AvgIpc) is 2.47. The molecular weight excluding hydrogens is 280 g/mol. The van der Waals surface area contributed by atoms with E-state index in [4.69, 9.17) is 0 Å². The molecule has 0 radical (unpaired) electrons. The molecule has 1 aromatic rings. The van der Waals surface area contributed by atoms with Gasteiger partial charge in [0.25, 0.3) is 0 Å². The quantitative estimate of drug-likeness (QED) is 0.803. The lowest BCUT2D eigenvalue weighted by Crippen LogP contribution is -2.44. The summed E-state index contributed by atoms with van der Waals surface area (Å²) >= 11 is 1.61. The minimum absolute atomic E-state index is 0.634. The van der Waals surface area contributed by atoms with E-state index in [2.05, 4.69) is 0 Å². The summed E-state index contributed by atoms with van der Waals surface area (Å²) < 4.78 is 28.0. The normalized spacial score (nSPS) is 17.4. The predicted molar refractivity (Wildman–Crippen MR) is 81.0 cm³/mol. The van der Waals surface area contributed by atoms with Crippen LogP contribution in [-0.4, -0.2) is 39.1 Å². The number of thioether (sulfide) groups is 1. The summed E-state index contributed by atoms with van der Waals surface area (Å²) in [6, 6.07) is 7.62. The maximum atomic E-state index is 12.5. The van der Waals surface area contributed by atoms with Gasteiger partial charge in [0.05, 0.1) is 5.69 Å². The third kappa shape index (κ3) is 3.24. The van der Waals surface area contributed by atoms with Crippen molar-refractivity contribution < 1.29 is 8.42 Å². The molecule has 0 unspecified atom stereocenters. The molecule has 1 heterocycles. The van der Waals surface area contributed by atoms with Crippen LogP contribution in [-0.2, 0) is 10.2 Å². The van der Waals surface area contributed by atoms with Crippen LogP contribution in [0.4, 0.5) is 5.69 Å². The molecule has 1 fully saturated rings. The molecule has 106 valence electrons. The zero-order chi connectivity index (χ0) is 13.9. The number of piperidine rings is 1. The van der Waals surface area contributed by atoms with Gasteiger partial charge in [0.1, 0.15) is 0 Å². The molecule has 0 amide bonds. The molecule has 1 saturated heterocycles. The standard InChI is InChI=1S/C13H20N2O2S2/c1-14(12-7-6-8-13(11-12)18-2)19(16,17)15-9-4-3-5-10-15/h6-8,11H,3-5,9-10H2,1-2H3. The number of benzene rings is 1. The second-order valence-electron chi connectivity index (χ2n) is 4.64. The van der Waals surface area contributed by atoms with Crippen molar-refractivity contribution in [1.82, 2.24) is 4.31 Å². The first-order valence-electron chi connectivity index (χ1n) is 6.44. The van der Waals surface area contributed by atoms with Crippen LogP contribution in [0, 0.1) is 0 Å². The van der Waals surface area contributed by atoms with Gasteiger partial charge in [-0.2, -0.15) is 12.7 Å². The molecule has 0 N–H and O–H groups in total. The Balaban J connectivity index is 2.23. The molecule has 2 rings (SSSR count). The maximum absolute atomic E-state index is 12.5. The van der Waals surface area contributed by atoms with Crippen molar-refractivity contribution in [3.05, 3.63) is 24.3 Å². The second-order valence-corrected chi connectivity index (χ2v) is 7.48. The molecule has 1 aliphatic heterocycles. The van der Waals surface area contributed by atoms with Crippen LogP contribution in [0.2, 0.25) is 0 Å². The predicted octanol–water partition coefficient (Wildman–Crippen LogP) is 2.58. The summed E-state index contributed by atoms with van der Waals surface area (Å²) in [4.78, 5) is 1.07. The first-order chi connectivity index (χ1) is 9.05. The fraction of sp³-hybridized carbons (Fsp3) is 0.538. The highest BCUT2D eigenvalue weighted by Crippen LogP contribution is 2.25. The third-order valence-electron chi connectivity index (χ3n) is 3.40. The Morgan fingerprint density at radius 2 is 1.89 bits per heavy atom. The molecule has 1 aliphatic rings. The molecule has 0 aromatic heterocycles. The monoisotopic (exact) mass is 300 g/mol. The summed E-state index contributed by atoms with van der Waals surface area (Å²) in [5.41, 5.74) is 0.720. The van der Waals surface area contributed by atoms with Crippen molar-refractivity contribution in [2.75, 3.05) is 30.7 Å². The molecule has 0 spiro atoms. The number of nitrogens with zero attached hydrogens (tertiary/aromatic N) is 2. The zero-order valence-electron chi connectivity index (χ0n) is 11.4. The maximum Gasteiger partial charge on any atom is 0.303 e. The molecule has 0 atom stereocenters. The van der Waals surface area contributed by atoms with E-state index in [0.29, 0.717) is 13.1 Å². The number of hydrogen-bond donors (Lipinski definition) is 0. The highest BCUT2D eigenvalue weighted by Gasteiger charge is 2.28. The van der Waals surface area contributed by atoms with Gasteiger partial charge in [-0.3, -0.25) is 4.31 Å². The second kappa shape index (κ2) is 6.15. The van der Waals surface area contributed by atoms with Crippen molar-refractivity contribution in [2.45, 2.75) is 24.2 Å². The van der Waals surface area contributed by atoms with Crippen molar-refractivity contribution in [3.63, 3.8) is 0 Å². The molecule has 0 saturated carbocycles. The van der Waals surface area contributed by atoms with E-state index in [-0.39, 0.29) is 0 Å². The van der Waals surface area contributed by atoms with E-state index in [1.807, 2.05) is 30.5 Å². The zero-order valence-corrected chi connectivity index (χ0v) is 13.0. The van der Waals surface area contributed by atoms with Crippen LogP contribution < -0.4 is 4.31 Å². The summed E-state index contributed by atoms with van der Waals surface area (Å²) in [5, 5.41) is 0. The van der Waals surface area contributed by atoms with Gasteiger partial charge in [0, 0.05) is 25.0 Å². The van der Waals surface area contributed by atoms with Gasteiger partial charge in [-0.15, -0.1) is 11.8 Å². The van der Waals surface area contributed by atoms with Crippen molar-refractivity contribution in [1.29, 1.82) is 0 Å². The van der Waals surface area contributed by atoms with Crippen LogP contribution in [0.3, 0.4) is 0 Å². The van der Waals surface area contributed by atoms with Crippen molar-refractivity contribution in [2.24, 2.45) is 0 Å². The van der Waals surface area contributed by atoms with Crippen LogP contribution in [0.15, 0.2) is 29.2 Å². The topological polar surface area (TPSA) is 40.6 Å². The van der Waals surface area contributed by atoms with E-state index >= 15 is 0 Å². The fourth-order valence-electron chi connectivity index (χ4n) is 2.21. The SMILES string of the molecule is CSc1cccc(N(C)S(=O)(=O)N2CCCCC2)c1. The van der Waals surface area contributed by atoms with Crippen LogP contribution in [0.5, 0.6) is 0 Å². The van der Waals surface area contributed by atoms with E-state index in [0.717, 1.165) is 29.8 Å². The van der Waals surface area contributed by atoms with E-state index in [9.17, 15) is 8.42 Å². The molecule has 4 nitrogen and oxygen atoms in total. The molecule has 0 aliphatic carbocycles. The summed E-state index contributed by atoms with van der Waals surface area (Å²) in [5.74, 6) is 0. The van der Waals surface area contributed by atoms with Crippen molar-refractivity contribution >= 4 is 27.7 Å². The Kier molecular flexibility index (Phi) is 4.76. The van der Waals surface area contributed by atoms with Gasteiger partial charge in [0.15, 0.2) is 0 Å². The number of hydrogen-bond acceptors (Lipinski definition) is 3. The van der Waals surface area contributed by atoms with Gasteiger partial charge in [0.2, 0.25) is 0 Å². The van der Waals surface area contributed by atoms with Gasteiger partial charge in [-0.25, -0.2) is 0 Å². The minimum Gasteiger partial charge on any atom is -0.261 e. The molecule has 1 aromatic carbocycles. The largest absolute Gasteiger partial charge is 0.303 e. The summed E-state index contributed by atoms with van der Waals surface area (Å²) in [7, 11) is -1.75. The number of rotatable bonds is 4. The lowest BCUT2D eigenvalue weighted by Gasteiger charge is -2.31. The Morgan fingerprint density at radius 3 is 2.53 bits per heavy atom.